The van der Waals surface area contributed by atoms with E-state index in [1.165, 1.54) is 0 Å². The highest BCUT2D eigenvalue weighted by molar-refractivity contribution is 5.83. The largest absolute Gasteiger partial charge is 0.367 e. The summed E-state index contributed by atoms with van der Waals surface area (Å²) >= 11 is 0. The molecule has 3 nitrogen and oxygen atoms in total. The fraction of sp³-hybridized carbons (Fsp3) is 0.625. The number of primary amides is 1. The number of carbonyl (C=O) groups excluding carboxylic acids is 1. The predicted molar refractivity (Wildman–Crippen MR) is 44.7 cm³/mol. The Morgan fingerprint density at radius 3 is 2.64 bits per heavy atom. The van der Waals surface area contributed by atoms with E-state index >= 15 is 0 Å². The molecule has 3 N–H and O–H groups in total. The molecule has 0 rings (SSSR count). The van der Waals surface area contributed by atoms with Crippen molar-refractivity contribution in [3.63, 3.8) is 0 Å². The maximum Gasteiger partial charge on any atom is 0.247 e. The number of rotatable bonds is 4. The third kappa shape index (κ3) is 3.64. The van der Waals surface area contributed by atoms with Crippen LogP contribution in [-0.2, 0) is 4.79 Å². The summed E-state index contributed by atoms with van der Waals surface area (Å²) < 4.78 is 0. The minimum atomic E-state index is -0.634. The summed E-state index contributed by atoms with van der Waals surface area (Å²) in [6.45, 7) is 3.96. The van der Waals surface area contributed by atoms with Gasteiger partial charge in [0, 0.05) is 6.04 Å². The number of hydrogen-bond acceptors (Lipinski definition) is 2. The van der Waals surface area contributed by atoms with Gasteiger partial charge in [0.05, 0.1) is 0 Å². The quantitative estimate of drug-likeness (QED) is 0.554. The first-order valence-electron chi connectivity index (χ1n) is 3.63. The highest BCUT2D eigenvalue weighted by Crippen LogP contribution is 1.90. The van der Waals surface area contributed by atoms with E-state index in [9.17, 15) is 4.79 Å². The fourth-order valence-electron chi connectivity index (χ4n) is 0.615. The van der Waals surface area contributed by atoms with Gasteiger partial charge in [-0.05, 0) is 13.3 Å². The van der Waals surface area contributed by atoms with E-state index in [0.29, 0.717) is 0 Å². The summed E-state index contributed by atoms with van der Waals surface area (Å²) in [5.74, 6) is 1.79. The van der Waals surface area contributed by atoms with Gasteiger partial charge in [0.2, 0.25) is 5.91 Å². The molecule has 0 bridgehead atoms. The Balaban J connectivity index is 3.91. The van der Waals surface area contributed by atoms with Crippen LogP contribution in [0, 0.1) is 12.3 Å². The lowest BCUT2D eigenvalue weighted by molar-refractivity contribution is -0.118. The van der Waals surface area contributed by atoms with Crippen molar-refractivity contribution >= 4 is 5.91 Å². The van der Waals surface area contributed by atoms with Gasteiger partial charge in [-0.1, -0.05) is 12.8 Å². The highest BCUT2D eigenvalue weighted by atomic mass is 16.1. The average Bonchev–Trinajstić information content (AvgIpc) is 1.99. The number of amides is 1. The van der Waals surface area contributed by atoms with Gasteiger partial charge in [-0.3, -0.25) is 10.1 Å². The Morgan fingerprint density at radius 1 is 1.82 bits per heavy atom. The molecule has 0 radical (unpaired) electrons. The molecule has 62 valence electrons. The maximum absolute atomic E-state index is 10.6. The van der Waals surface area contributed by atoms with Crippen LogP contribution in [0.25, 0.3) is 0 Å². The van der Waals surface area contributed by atoms with Crippen molar-refractivity contribution in [3.05, 3.63) is 0 Å². The monoisotopic (exact) mass is 154 g/mol. The minimum Gasteiger partial charge on any atom is -0.367 e. The van der Waals surface area contributed by atoms with Crippen LogP contribution in [0.5, 0.6) is 0 Å². The van der Waals surface area contributed by atoms with Crippen LogP contribution in [0.15, 0.2) is 0 Å². The Labute approximate surface area is 67.3 Å². The van der Waals surface area contributed by atoms with Gasteiger partial charge in [-0.15, -0.1) is 6.42 Å². The van der Waals surface area contributed by atoms with E-state index in [1.807, 2.05) is 13.8 Å². The second-order valence-electron chi connectivity index (χ2n) is 2.48. The van der Waals surface area contributed by atoms with Gasteiger partial charge in [0.15, 0.2) is 0 Å². The van der Waals surface area contributed by atoms with Crippen LogP contribution in [0.4, 0.5) is 0 Å². The number of nitrogens with one attached hydrogen (secondary N) is 1. The summed E-state index contributed by atoms with van der Waals surface area (Å²) in [7, 11) is 0. The molecule has 0 spiro atoms. The van der Waals surface area contributed by atoms with E-state index in [0.717, 1.165) is 6.42 Å². The normalized spacial score (nSPS) is 15.0. The van der Waals surface area contributed by atoms with Crippen molar-refractivity contribution in [2.75, 3.05) is 0 Å². The van der Waals surface area contributed by atoms with Gasteiger partial charge in [0.1, 0.15) is 6.04 Å². The fourth-order valence-corrected chi connectivity index (χ4v) is 0.615. The molecular weight excluding hydrogens is 140 g/mol. The molecule has 0 aliphatic rings. The first-order valence-corrected chi connectivity index (χ1v) is 3.63. The summed E-state index contributed by atoms with van der Waals surface area (Å²) in [6, 6.07) is -0.409. The molecule has 0 aliphatic heterocycles. The van der Waals surface area contributed by atoms with Crippen molar-refractivity contribution in [1.82, 2.24) is 5.32 Å². The molecule has 0 saturated heterocycles. The average molecular weight is 154 g/mol. The minimum absolute atomic E-state index is 0.226. The zero-order chi connectivity index (χ0) is 8.85. The molecule has 3 heteroatoms. The Kier molecular flexibility index (Phi) is 4.32. The van der Waals surface area contributed by atoms with Crippen LogP contribution >= 0.6 is 0 Å². The van der Waals surface area contributed by atoms with E-state index in [1.54, 1.807) is 0 Å². The van der Waals surface area contributed by atoms with Crippen molar-refractivity contribution in [3.8, 4) is 12.3 Å². The van der Waals surface area contributed by atoms with Crippen LogP contribution in [-0.4, -0.2) is 18.0 Å². The molecule has 0 aromatic heterocycles. The molecule has 0 aromatic carbocycles. The predicted octanol–water partition coefficient (Wildman–Crippen LogP) is -0.138. The van der Waals surface area contributed by atoms with Crippen molar-refractivity contribution in [2.45, 2.75) is 32.4 Å². The molecule has 0 aliphatic carbocycles. The third-order valence-corrected chi connectivity index (χ3v) is 1.51. The van der Waals surface area contributed by atoms with Gasteiger partial charge in [-0.2, -0.15) is 0 Å². The molecule has 0 heterocycles. The molecule has 2 atom stereocenters. The lowest BCUT2D eigenvalue weighted by Crippen LogP contribution is -2.44. The van der Waals surface area contributed by atoms with Crippen LogP contribution < -0.4 is 11.1 Å². The molecule has 0 fully saturated rings. The molecular formula is C8H14N2O. The molecule has 11 heavy (non-hydrogen) atoms. The second kappa shape index (κ2) is 4.75. The summed E-state index contributed by atoms with van der Waals surface area (Å²) in [6.07, 6.45) is 5.99. The number of hydrogen-bond donors (Lipinski definition) is 2. The second-order valence-corrected chi connectivity index (χ2v) is 2.48. The SMILES string of the molecule is C#CC(NC(C)CC)C(N)=O. The van der Waals surface area contributed by atoms with Gasteiger partial charge < -0.3 is 5.73 Å². The number of nitrogens with two attached hydrogens (primary N) is 1. The van der Waals surface area contributed by atoms with Crippen molar-refractivity contribution < 1.29 is 4.79 Å². The lowest BCUT2D eigenvalue weighted by atomic mass is 10.2. The van der Waals surface area contributed by atoms with E-state index < -0.39 is 11.9 Å². The zero-order valence-electron chi connectivity index (χ0n) is 6.92. The van der Waals surface area contributed by atoms with Crippen LogP contribution in [0.3, 0.4) is 0 Å². The highest BCUT2D eigenvalue weighted by Gasteiger charge is 2.12. The standard InChI is InChI=1S/C8H14N2O/c1-4-6(3)10-7(5-2)8(9)11/h2,6-7,10H,4H2,1,3H3,(H2,9,11). The van der Waals surface area contributed by atoms with E-state index in [4.69, 9.17) is 12.2 Å². The Bertz CT molecular complexity index is 171. The summed E-state index contributed by atoms with van der Waals surface area (Å²) in [5.41, 5.74) is 5.01. The van der Waals surface area contributed by atoms with E-state index in [-0.39, 0.29) is 6.04 Å². The van der Waals surface area contributed by atoms with Gasteiger partial charge >= 0.3 is 0 Å². The Morgan fingerprint density at radius 2 is 2.36 bits per heavy atom. The smallest absolute Gasteiger partial charge is 0.247 e. The van der Waals surface area contributed by atoms with Crippen molar-refractivity contribution in [1.29, 1.82) is 0 Å². The first kappa shape index (κ1) is 9.99. The summed E-state index contributed by atoms with van der Waals surface area (Å²) in [4.78, 5) is 10.6. The summed E-state index contributed by atoms with van der Waals surface area (Å²) in [5, 5.41) is 2.91. The maximum atomic E-state index is 10.6. The Hall–Kier alpha value is -1.01. The topological polar surface area (TPSA) is 55.1 Å². The van der Waals surface area contributed by atoms with Crippen LogP contribution in [0.1, 0.15) is 20.3 Å². The first-order chi connectivity index (χ1) is 5.11. The lowest BCUT2D eigenvalue weighted by Gasteiger charge is -2.14. The zero-order valence-corrected chi connectivity index (χ0v) is 6.92. The van der Waals surface area contributed by atoms with Gasteiger partial charge in [0.25, 0.3) is 0 Å². The molecule has 0 aromatic rings. The van der Waals surface area contributed by atoms with Gasteiger partial charge in [-0.25, -0.2) is 0 Å². The molecule has 1 amide bonds. The molecule has 0 saturated carbocycles. The van der Waals surface area contributed by atoms with Crippen LogP contribution in [0.2, 0.25) is 0 Å². The number of carbonyl (C=O) groups is 1. The van der Waals surface area contributed by atoms with Crippen molar-refractivity contribution in [2.24, 2.45) is 5.73 Å². The van der Waals surface area contributed by atoms with E-state index in [2.05, 4.69) is 11.2 Å². The third-order valence-electron chi connectivity index (χ3n) is 1.51. The number of terminal acetylenes is 1. The molecule has 2 unspecified atom stereocenters.